The van der Waals surface area contributed by atoms with Gasteiger partial charge in [0.05, 0.1) is 12.4 Å². The van der Waals surface area contributed by atoms with Crippen LogP contribution in [-0.2, 0) is 19.4 Å². The summed E-state index contributed by atoms with van der Waals surface area (Å²) in [7, 11) is 0. The molecule has 0 bridgehead atoms. The van der Waals surface area contributed by atoms with Gasteiger partial charge < -0.3 is 9.67 Å². The number of nitrogens with zero attached hydrogens (tertiary/aromatic N) is 2. The zero-order chi connectivity index (χ0) is 17.1. The van der Waals surface area contributed by atoms with Crippen molar-refractivity contribution in [3.05, 3.63) is 90.0 Å². The predicted octanol–water partition coefficient (Wildman–Crippen LogP) is 4.04. The Morgan fingerprint density at radius 2 is 1.68 bits per heavy atom. The first-order valence-electron chi connectivity index (χ1n) is 9.05. The van der Waals surface area contributed by atoms with Crippen LogP contribution in [0, 0.1) is 11.8 Å². The van der Waals surface area contributed by atoms with Gasteiger partial charge in [0.2, 0.25) is 0 Å². The van der Waals surface area contributed by atoms with Gasteiger partial charge in [-0.05, 0) is 41.9 Å². The lowest BCUT2D eigenvalue weighted by Crippen LogP contribution is -2.22. The van der Waals surface area contributed by atoms with Crippen LogP contribution in [0.25, 0.3) is 0 Å². The van der Waals surface area contributed by atoms with Crippen LogP contribution in [0.5, 0.6) is 0 Å². The molecular weight excluding hydrogens is 308 g/mol. The van der Waals surface area contributed by atoms with Gasteiger partial charge in [0.25, 0.3) is 0 Å². The van der Waals surface area contributed by atoms with E-state index in [0.717, 1.165) is 31.4 Å². The fourth-order valence-electron chi connectivity index (χ4n) is 4.14. The molecule has 2 aromatic carbocycles. The van der Waals surface area contributed by atoms with Crippen molar-refractivity contribution in [2.24, 2.45) is 11.8 Å². The molecule has 0 spiro atoms. The first kappa shape index (κ1) is 16.1. The van der Waals surface area contributed by atoms with Gasteiger partial charge in [0.15, 0.2) is 0 Å². The van der Waals surface area contributed by atoms with Crippen molar-refractivity contribution in [3.63, 3.8) is 0 Å². The van der Waals surface area contributed by atoms with Gasteiger partial charge >= 0.3 is 0 Å². The molecule has 0 saturated carbocycles. The summed E-state index contributed by atoms with van der Waals surface area (Å²) in [6.07, 6.45) is 8.44. The maximum absolute atomic E-state index is 11.0. The Labute approximate surface area is 149 Å². The highest BCUT2D eigenvalue weighted by Gasteiger charge is 2.28. The zero-order valence-corrected chi connectivity index (χ0v) is 14.3. The Hall–Kier alpha value is -2.39. The van der Waals surface area contributed by atoms with Crippen LogP contribution in [0.3, 0.4) is 0 Å². The van der Waals surface area contributed by atoms with E-state index in [1.54, 1.807) is 6.20 Å². The summed E-state index contributed by atoms with van der Waals surface area (Å²) in [5.41, 5.74) is 3.95. The van der Waals surface area contributed by atoms with Crippen molar-refractivity contribution in [1.82, 2.24) is 9.55 Å². The summed E-state index contributed by atoms with van der Waals surface area (Å²) >= 11 is 0. The van der Waals surface area contributed by atoms with Gasteiger partial charge in [-0.1, -0.05) is 54.6 Å². The van der Waals surface area contributed by atoms with Crippen LogP contribution in [0.1, 0.15) is 29.2 Å². The highest BCUT2D eigenvalue weighted by molar-refractivity contribution is 5.32. The van der Waals surface area contributed by atoms with Crippen molar-refractivity contribution in [3.8, 4) is 0 Å². The van der Waals surface area contributed by atoms with Crippen molar-refractivity contribution in [1.29, 1.82) is 0 Å². The first-order chi connectivity index (χ1) is 12.3. The van der Waals surface area contributed by atoms with E-state index in [-0.39, 0.29) is 5.92 Å². The molecule has 3 heteroatoms. The Balaban J connectivity index is 1.52. The maximum atomic E-state index is 11.0. The fourth-order valence-corrected chi connectivity index (χ4v) is 4.14. The van der Waals surface area contributed by atoms with Gasteiger partial charge in [-0.15, -0.1) is 0 Å². The highest BCUT2D eigenvalue weighted by Crippen LogP contribution is 2.35. The summed E-state index contributed by atoms with van der Waals surface area (Å²) in [5, 5.41) is 11.0. The number of aliphatic hydroxyl groups excluding tert-OH is 1. The molecule has 3 nitrogen and oxygen atoms in total. The third-order valence-electron chi connectivity index (χ3n) is 5.36. The molecule has 25 heavy (non-hydrogen) atoms. The van der Waals surface area contributed by atoms with Crippen LogP contribution in [0.15, 0.2) is 73.3 Å². The molecule has 2 atom stereocenters. The SMILES string of the molecule is O[C@H](c1ccccc1)[C@@H](CC1Cc2ccccc2C1)Cn1ccnc1. The summed E-state index contributed by atoms with van der Waals surface area (Å²) in [6.45, 7) is 0.795. The fraction of sp³-hybridized carbons (Fsp3) is 0.318. The van der Waals surface area contributed by atoms with Crippen molar-refractivity contribution < 1.29 is 5.11 Å². The number of aromatic nitrogens is 2. The van der Waals surface area contributed by atoms with Crippen LogP contribution < -0.4 is 0 Å². The minimum Gasteiger partial charge on any atom is -0.388 e. The molecule has 3 aromatic rings. The third kappa shape index (κ3) is 3.67. The quantitative estimate of drug-likeness (QED) is 0.740. The van der Waals surface area contributed by atoms with Gasteiger partial charge in [-0.3, -0.25) is 0 Å². The summed E-state index contributed by atoms with van der Waals surface area (Å²) in [4.78, 5) is 4.15. The summed E-state index contributed by atoms with van der Waals surface area (Å²) in [5.74, 6) is 0.778. The van der Waals surface area contributed by atoms with Crippen LogP contribution >= 0.6 is 0 Å². The molecule has 0 fully saturated rings. The average molecular weight is 332 g/mol. The topological polar surface area (TPSA) is 38.0 Å². The molecule has 0 radical (unpaired) electrons. The summed E-state index contributed by atoms with van der Waals surface area (Å²) in [6, 6.07) is 18.8. The molecule has 0 unspecified atom stereocenters. The van der Waals surface area contributed by atoms with Crippen molar-refractivity contribution in [2.75, 3.05) is 0 Å². The molecule has 128 valence electrons. The van der Waals surface area contributed by atoms with Crippen molar-refractivity contribution >= 4 is 0 Å². The van der Waals surface area contributed by atoms with E-state index in [1.165, 1.54) is 11.1 Å². The Morgan fingerprint density at radius 1 is 1.00 bits per heavy atom. The minimum absolute atomic E-state index is 0.177. The second-order valence-electron chi connectivity index (χ2n) is 7.15. The lowest BCUT2D eigenvalue weighted by atomic mass is 9.85. The molecule has 1 aliphatic rings. The maximum Gasteiger partial charge on any atom is 0.0946 e. The Morgan fingerprint density at radius 3 is 2.32 bits per heavy atom. The summed E-state index contributed by atoms with van der Waals surface area (Å²) < 4.78 is 2.08. The molecule has 0 amide bonds. The number of fused-ring (bicyclic) bond motifs is 1. The van der Waals surface area contributed by atoms with E-state index in [1.807, 2.05) is 42.9 Å². The molecule has 1 heterocycles. The Bertz CT molecular complexity index is 773. The van der Waals surface area contributed by atoms with Crippen LogP contribution in [-0.4, -0.2) is 14.7 Å². The number of aliphatic hydroxyl groups is 1. The average Bonchev–Trinajstić information content (AvgIpc) is 3.30. The number of benzene rings is 2. The molecule has 1 N–H and O–H groups in total. The lowest BCUT2D eigenvalue weighted by molar-refractivity contribution is 0.0819. The standard InChI is InChI=1S/C22H24N2O/c25-22(18-6-2-1-3-7-18)21(15-24-11-10-23-16-24)14-17-12-19-8-4-5-9-20(19)13-17/h1-11,16-17,21-22,25H,12-15H2/t21-,22+/m0/s1. The Kier molecular flexibility index (Phi) is 4.66. The van der Waals surface area contributed by atoms with Crippen LogP contribution in [0.2, 0.25) is 0 Å². The van der Waals surface area contributed by atoms with E-state index in [2.05, 4.69) is 33.8 Å². The minimum atomic E-state index is -0.452. The smallest absolute Gasteiger partial charge is 0.0946 e. The number of hydrogen-bond donors (Lipinski definition) is 1. The van der Waals surface area contributed by atoms with Gasteiger partial charge in [0, 0.05) is 24.9 Å². The second kappa shape index (κ2) is 7.24. The van der Waals surface area contributed by atoms with Gasteiger partial charge in [0.1, 0.15) is 0 Å². The monoisotopic (exact) mass is 332 g/mol. The van der Waals surface area contributed by atoms with Gasteiger partial charge in [-0.25, -0.2) is 4.98 Å². The zero-order valence-electron chi connectivity index (χ0n) is 14.3. The molecular formula is C22H24N2O. The molecule has 1 aliphatic carbocycles. The largest absolute Gasteiger partial charge is 0.388 e. The molecule has 0 aliphatic heterocycles. The van der Waals surface area contributed by atoms with E-state index < -0.39 is 6.10 Å². The number of rotatable bonds is 6. The molecule has 0 saturated heterocycles. The predicted molar refractivity (Wildman–Crippen MR) is 99.1 cm³/mol. The first-order valence-corrected chi connectivity index (χ1v) is 9.05. The normalized spacial score (nSPS) is 16.5. The van der Waals surface area contributed by atoms with E-state index in [0.29, 0.717) is 5.92 Å². The third-order valence-corrected chi connectivity index (χ3v) is 5.36. The lowest BCUT2D eigenvalue weighted by Gasteiger charge is -2.26. The highest BCUT2D eigenvalue weighted by atomic mass is 16.3. The second-order valence-corrected chi connectivity index (χ2v) is 7.15. The van der Waals surface area contributed by atoms with Crippen LogP contribution in [0.4, 0.5) is 0 Å². The number of imidazole rings is 1. The van der Waals surface area contributed by atoms with Crippen molar-refractivity contribution in [2.45, 2.75) is 31.9 Å². The van der Waals surface area contributed by atoms with Gasteiger partial charge in [-0.2, -0.15) is 0 Å². The van der Waals surface area contributed by atoms with E-state index in [9.17, 15) is 5.11 Å². The molecule has 1 aromatic heterocycles. The molecule has 4 rings (SSSR count). The van der Waals surface area contributed by atoms with E-state index in [4.69, 9.17) is 0 Å². The van der Waals surface area contributed by atoms with E-state index >= 15 is 0 Å². The number of hydrogen-bond acceptors (Lipinski definition) is 2.